The van der Waals surface area contributed by atoms with Gasteiger partial charge >= 0.3 is 5.97 Å². The Balaban J connectivity index is 1.45. The van der Waals surface area contributed by atoms with E-state index in [2.05, 4.69) is 17.5 Å². The molecule has 1 saturated carbocycles. The average Bonchev–Trinajstić information content (AvgIpc) is 3.32. The van der Waals surface area contributed by atoms with Crippen molar-refractivity contribution in [3.05, 3.63) is 22.4 Å². The summed E-state index contributed by atoms with van der Waals surface area (Å²) >= 11 is 1.90. The van der Waals surface area contributed by atoms with E-state index in [0.29, 0.717) is 6.42 Å². The zero-order valence-electron chi connectivity index (χ0n) is 16.7. The summed E-state index contributed by atoms with van der Waals surface area (Å²) in [5.74, 6) is 1.93. The molecule has 0 radical (unpaired) electrons. The predicted molar refractivity (Wildman–Crippen MR) is 112 cm³/mol. The van der Waals surface area contributed by atoms with Crippen molar-refractivity contribution in [1.82, 2.24) is 0 Å². The summed E-state index contributed by atoms with van der Waals surface area (Å²) in [7, 11) is 1.48. The first-order valence-electron chi connectivity index (χ1n) is 10.9. The first kappa shape index (κ1) is 21.5. The smallest absolute Gasteiger partial charge is 0.305 e. The zero-order valence-corrected chi connectivity index (χ0v) is 17.5. The quantitative estimate of drug-likeness (QED) is 0.253. The fraction of sp³-hybridized carbons (Fsp3) is 0.783. The maximum atomic E-state index is 11.1. The van der Waals surface area contributed by atoms with Crippen molar-refractivity contribution in [3.63, 3.8) is 0 Å². The Morgan fingerprint density at radius 3 is 2.27 bits per heavy atom. The van der Waals surface area contributed by atoms with Crippen molar-refractivity contribution >= 4 is 17.3 Å². The molecule has 148 valence electrons. The molecule has 0 amide bonds. The number of ether oxygens (including phenoxy) is 1. The van der Waals surface area contributed by atoms with Crippen LogP contribution in [0.25, 0.3) is 0 Å². The van der Waals surface area contributed by atoms with Gasteiger partial charge in [-0.3, -0.25) is 4.79 Å². The lowest BCUT2D eigenvalue weighted by Gasteiger charge is -2.19. The summed E-state index contributed by atoms with van der Waals surface area (Å²) < 4.78 is 4.69. The van der Waals surface area contributed by atoms with Crippen LogP contribution in [0.2, 0.25) is 0 Å². The van der Waals surface area contributed by atoms with Crippen molar-refractivity contribution < 1.29 is 9.53 Å². The Morgan fingerprint density at radius 2 is 1.65 bits per heavy atom. The lowest BCUT2D eigenvalue weighted by atomic mass is 9.86. The van der Waals surface area contributed by atoms with E-state index in [9.17, 15) is 4.79 Å². The number of rotatable bonds is 14. The van der Waals surface area contributed by atoms with E-state index in [0.717, 1.165) is 18.3 Å². The van der Waals surface area contributed by atoms with Gasteiger partial charge in [-0.05, 0) is 42.5 Å². The number of unbranched alkanes of at least 4 members (excludes halogenated alkanes) is 6. The normalized spacial score (nSPS) is 19.7. The molecule has 0 aromatic carbocycles. The first-order chi connectivity index (χ1) is 12.8. The molecule has 2 atom stereocenters. The Labute approximate surface area is 164 Å². The van der Waals surface area contributed by atoms with Gasteiger partial charge in [0, 0.05) is 11.3 Å². The van der Waals surface area contributed by atoms with Gasteiger partial charge in [-0.15, -0.1) is 11.3 Å². The molecule has 1 aromatic rings. The Kier molecular flexibility index (Phi) is 11.0. The maximum Gasteiger partial charge on any atom is 0.305 e. The summed E-state index contributed by atoms with van der Waals surface area (Å²) in [6, 6.07) is 4.43. The second kappa shape index (κ2) is 13.4. The van der Waals surface area contributed by atoms with Gasteiger partial charge in [-0.25, -0.2) is 0 Å². The highest BCUT2D eigenvalue weighted by Gasteiger charge is 2.25. The van der Waals surface area contributed by atoms with Gasteiger partial charge in [0.2, 0.25) is 0 Å². The van der Waals surface area contributed by atoms with E-state index < -0.39 is 0 Å². The van der Waals surface area contributed by atoms with Crippen LogP contribution in [0.15, 0.2) is 17.5 Å². The van der Waals surface area contributed by atoms with E-state index in [1.165, 1.54) is 90.6 Å². The highest BCUT2D eigenvalue weighted by molar-refractivity contribution is 7.09. The SMILES string of the molecule is COC(=O)CCCCCC[C@H]1CCCC1CCCCCCc1cccs1. The van der Waals surface area contributed by atoms with Crippen molar-refractivity contribution in [2.75, 3.05) is 7.11 Å². The van der Waals surface area contributed by atoms with E-state index in [1.807, 2.05) is 11.3 Å². The molecule has 2 rings (SSSR count). The lowest BCUT2D eigenvalue weighted by Crippen LogP contribution is -2.08. The van der Waals surface area contributed by atoms with Crippen molar-refractivity contribution in [1.29, 1.82) is 0 Å². The third kappa shape index (κ3) is 8.70. The molecule has 0 bridgehead atoms. The molecule has 26 heavy (non-hydrogen) atoms. The van der Waals surface area contributed by atoms with E-state index in [1.54, 1.807) is 4.88 Å². The van der Waals surface area contributed by atoms with Gasteiger partial charge < -0.3 is 4.74 Å². The largest absolute Gasteiger partial charge is 0.469 e. The molecular weight excluding hydrogens is 340 g/mol. The van der Waals surface area contributed by atoms with E-state index >= 15 is 0 Å². The first-order valence-corrected chi connectivity index (χ1v) is 11.8. The molecule has 1 aliphatic carbocycles. The maximum absolute atomic E-state index is 11.1. The number of aryl methyl sites for hydroxylation is 1. The minimum atomic E-state index is -0.0590. The van der Waals surface area contributed by atoms with Crippen molar-refractivity contribution in [2.24, 2.45) is 11.8 Å². The van der Waals surface area contributed by atoms with Crippen LogP contribution in [0.3, 0.4) is 0 Å². The number of hydrogen-bond donors (Lipinski definition) is 0. The summed E-state index contributed by atoms with van der Waals surface area (Å²) in [4.78, 5) is 12.6. The van der Waals surface area contributed by atoms with Crippen LogP contribution >= 0.6 is 11.3 Å². The summed E-state index contributed by atoms with van der Waals surface area (Å²) in [6.07, 6.45) is 19.6. The van der Waals surface area contributed by atoms with Crippen LogP contribution in [0.1, 0.15) is 94.8 Å². The molecule has 1 unspecified atom stereocenters. The molecule has 1 aliphatic rings. The number of carbonyl (C=O) groups excluding carboxylic acids is 1. The second-order valence-electron chi connectivity index (χ2n) is 8.01. The molecule has 1 aromatic heterocycles. The molecule has 0 saturated heterocycles. The third-order valence-electron chi connectivity index (χ3n) is 6.08. The molecule has 1 fully saturated rings. The number of thiophene rings is 1. The lowest BCUT2D eigenvalue weighted by molar-refractivity contribution is -0.140. The van der Waals surface area contributed by atoms with Crippen LogP contribution < -0.4 is 0 Å². The summed E-state index contributed by atoms with van der Waals surface area (Å²) in [5, 5.41) is 2.19. The summed E-state index contributed by atoms with van der Waals surface area (Å²) in [5.41, 5.74) is 0. The molecule has 1 heterocycles. The predicted octanol–water partition coefficient (Wildman–Crippen LogP) is 7.17. The van der Waals surface area contributed by atoms with Crippen LogP contribution in [-0.2, 0) is 16.0 Å². The Bertz CT molecular complexity index is 469. The molecule has 3 heteroatoms. The van der Waals surface area contributed by atoms with Gasteiger partial charge in [0.15, 0.2) is 0 Å². The highest BCUT2D eigenvalue weighted by atomic mass is 32.1. The zero-order chi connectivity index (χ0) is 18.5. The van der Waals surface area contributed by atoms with E-state index in [4.69, 9.17) is 4.74 Å². The van der Waals surface area contributed by atoms with Crippen molar-refractivity contribution in [3.8, 4) is 0 Å². The number of hydrogen-bond acceptors (Lipinski definition) is 3. The summed E-state index contributed by atoms with van der Waals surface area (Å²) in [6.45, 7) is 0. The van der Waals surface area contributed by atoms with Gasteiger partial charge in [0.25, 0.3) is 0 Å². The monoisotopic (exact) mass is 378 g/mol. The van der Waals surface area contributed by atoms with E-state index in [-0.39, 0.29) is 5.97 Å². The van der Waals surface area contributed by atoms with Crippen LogP contribution in [0.5, 0.6) is 0 Å². The van der Waals surface area contributed by atoms with Crippen molar-refractivity contribution in [2.45, 2.75) is 96.3 Å². The minimum Gasteiger partial charge on any atom is -0.469 e. The molecular formula is C23H38O2S. The van der Waals surface area contributed by atoms with Gasteiger partial charge in [-0.2, -0.15) is 0 Å². The van der Waals surface area contributed by atoms with Gasteiger partial charge in [-0.1, -0.05) is 76.7 Å². The van der Waals surface area contributed by atoms with Crippen LogP contribution in [0, 0.1) is 11.8 Å². The number of methoxy groups -OCH3 is 1. The van der Waals surface area contributed by atoms with Gasteiger partial charge in [0.1, 0.15) is 0 Å². The third-order valence-corrected chi connectivity index (χ3v) is 7.01. The fourth-order valence-corrected chi connectivity index (χ4v) is 5.27. The molecule has 2 nitrogen and oxygen atoms in total. The fourth-order valence-electron chi connectivity index (χ4n) is 4.52. The number of carbonyl (C=O) groups is 1. The Morgan fingerprint density at radius 1 is 1.00 bits per heavy atom. The highest BCUT2D eigenvalue weighted by Crippen LogP contribution is 2.38. The molecule has 0 aliphatic heterocycles. The second-order valence-corrected chi connectivity index (χ2v) is 9.04. The molecule has 0 spiro atoms. The minimum absolute atomic E-state index is 0.0590. The standard InChI is InChI=1S/C23H38O2S/c1-25-23(24)18-9-5-3-7-13-21-15-10-14-20(21)12-6-2-4-8-16-22-17-11-19-26-22/h11,17,19-21H,2-10,12-16,18H2,1H3/t20?,21-/m0/s1. The Hall–Kier alpha value is -0.830. The average molecular weight is 379 g/mol. The topological polar surface area (TPSA) is 26.3 Å². The van der Waals surface area contributed by atoms with Crippen LogP contribution in [-0.4, -0.2) is 13.1 Å². The number of esters is 1. The molecule has 0 N–H and O–H groups in total. The van der Waals surface area contributed by atoms with Gasteiger partial charge in [0.05, 0.1) is 7.11 Å². The van der Waals surface area contributed by atoms with Crippen LogP contribution in [0.4, 0.5) is 0 Å².